The first-order chi connectivity index (χ1) is 19.4. The third-order valence-corrected chi connectivity index (χ3v) is 8.80. The van der Waals surface area contributed by atoms with Crippen LogP contribution in [0.5, 0.6) is 0 Å². The van der Waals surface area contributed by atoms with Crippen molar-refractivity contribution in [1.82, 2.24) is 29.7 Å². The van der Waals surface area contributed by atoms with Gasteiger partial charge >= 0.3 is 0 Å². The zero-order valence-electron chi connectivity index (χ0n) is 23.3. The quantitative estimate of drug-likeness (QED) is 0.303. The number of anilines is 3. The van der Waals surface area contributed by atoms with E-state index < -0.39 is 0 Å². The first-order valence-electron chi connectivity index (χ1n) is 14.2. The molecule has 9 heteroatoms. The average Bonchev–Trinajstić information content (AvgIpc) is 3.24. The van der Waals surface area contributed by atoms with Crippen LogP contribution < -0.4 is 16.0 Å². The number of nitrogens with two attached hydrogens (primary N) is 1. The molecule has 0 unspecified atom stereocenters. The number of fused-ring (bicyclic) bond motifs is 2. The zero-order valence-corrected chi connectivity index (χ0v) is 23.3. The Kier molecular flexibility index (Phi) is 5.92. The van der Waals surface area contributed by atoms with Crippen LogP contribution in [0.15, 0.2) is 55.0 Å². The summed E-state index contributed by atoms with van der Waals surface area (Å²) < 4.78 is 1.87. The van der Waals surface area contributed by atoms with Gasteiger partial charge in [0.2, 0.25) is 0 Å². The van der Waals surface area contributed by atoms with E-state index in [1.165, 1.54) is 24.8 Å². The lowest BCUT2D eigenvalue weighted by atomic mass is 9.78. The lowest BCUT2D eigenvalue weighted by Gasteiger charge is -2.43. The van der Waals surface area contributed by atoms with Crippen molar-refractivity contribution >= 4 is 39.3 Å². The van der Waals surface area contributed by atoms with Gasteiger partial charge in [-0.3, -0.25) is 9.67 Å². The molecule has 1 saturated carbocycles. The van der Waals surface area contributed by atoms with E-state index in [0.29, 0.717) is 17.6 Å². The average molecular weight is 534 g/mol. The molecule has 3 N–H and O–H groups in total. The number of benzene rings is 1. The van der Waals surface area contributed by atoms with Gasteiger partial charge in [-0.2, -0.15) is 5.10 Å². The molecular weight excluding hydrogens is 498 g/mol. The molecule has 2 fully saturated rings. The molecule has 7 rings (SSSR count). The Balaban J connectivity index is 1.32. The highest BCUT2D eigenvalue weighted by Gasteiger charge is 2.35. The van der Waals surface area contributed by atoms with Crippen molar-refractivity contribution in [3.05, 3.63) is 60.6 Å². The van der Waals surface area contributed by atoms with Gasteiger partial charge in [-0.05, 0) is 60.4 Å². The second-order valence-electron chi connectivity index (χ2n) is 12.0. The summed E-state index contributed by atoms with van der Waals surface area (Å²) in [4.78, 5) is 21.9. The lowest BCUT2D eigenvalue weighted by molar-refractivity contribution is 0.244. The fourth-order valence-corrected chi connectivity index (χ4v) is 6.10. The van der Waals surface area contributed by atoms with E-state index in [2.05, 4.69) is 51.3 Å². The third kappa shape index (κ3) is 4.25. The van der Waals surface area contributed by atoms with Gasteiger partial charge in [-0.1, -0.05) is 32.4 Å². The van der Waals surface area contributed by atoms with Gasteiger partial charge in [0.15, 0.2) is 11.6 Å². The van der Waals surface area contributed by atoms with Gasteiger partial charge < -0.3 is 16.0 Å². The monoisotopic (exact) mass is 533 g/mol. The molecule has 204 valence electrons. The fraction of sp³-hybridized carbons (Fsp3) is 0.387. The van der Waals surface area contributed by atoms with Crippen LogP contribution in [-0.4, -0.2) is 48.8 Å². The number of hydrogen-bond acceptors (Lipinski definition) is 8. The number of nitrogens with zero attached hydrogens (tertiary/aromatic N) is 7. The summed E-state index contributed by atoms with van der Waals surface area (Å²) in [6.45, 7) is 6.23. The number of nitrogens with one attached hydrogen (secondary N) is 1. The first kappa shape index (κ1) is 24.9. The molecule has 1 aromatic carbocycles. The van der Waals surface area contributed by atoms with Gasteiger partial charge in [-0.25, -0.2) is 15.0 Å². The highest BCUT2D eigenvalue weighted by molar-refractivity contribution is 5.94. The molecule has 5 heterocycles. The van der Waals surface area contributed by atoms with Crippen LogP contribution in [0.25, 0.3) is 33.2 Å². The molecule has 0 radical (unpaired) electrons. The maximum atomic E-state index is 6.52. The standard InChI is InChI=1S/C31H35N9/c1-31(2)18-40(14-12-25(31)32)30-27-22(19-7-6-8-19)16-33-17-23(27)35-28(37-30)20-11-13-34-26(15-20)36-29-21-9-4-5-10-24(21)39(3)38-29/h4-5,9-11,13,15-17,19,25H,6-8,12,14,18,32H2,1-3H3,(H,34,36,38)/t25-/m0/s1. The van der Waals surface area contributed by atoms with Crippen LogP contribution in [0.3, 0.4) is 0 Å². The van der Waals surface area contributed by atoms with Crippen LogP contribution in [0.2, 0.25) is 0 Å². The molecule has 0 amide bonds. The van der Waals surface area contributed by atoms with Crippen molar-refractivity contribution in [2.24, 2.45) is 18.2 Å². The predicted molar refractivity (Wildman–Crippen MR) is 160 cm³/mol. The minimum Gasteiger partial charge on any atom is -0.355 e. The van der Waals surface area contributed by atoms with Crippen LogP contribution >= 0.6 is 0 Å². The molecule has 4 aromatic heterocycles. The second-order valence-corrected chi connectivity index (χ2v) is 12.0. The molecule has 9 nitrogen and oxygen atoms in total. The topological polar surface area (TPSA) is 111 Å². The minimum atomic E-state index is -0.0153. The van der Waals surface area contributed by atoms with Crippen LogP contribution in [0.4, 0.5) is 17.5 Å². The largest absolute Gasteiger partial charge is 0.355 e. The highest BCUT2D eigenvalue weighted by Crippen LogP contribution is 2.43. The van der Waals surface area contributed by atoms with E-state index in [9.17, 15) is 0 Å². The summed E-state index contributed by atoms with van der Waals surface area (Å²) in [6.07, 6.45) is 10.3. The van der Waals surface area contributed by atoms with Crippen molar-refractivity contribution in [1.29, 1.82) is 0 Å². The summed E-state index contributed by atoms with van der Waals surface area (Å²) in [7, 11) is 1.95. The molecule has 1 saturated heterocycles. The molecule has 0 spiro atoms. The number of pyridine rings is 2. The molecule has 1 atom stereocenters. The minimum absolute atomic E-state index is 0.0153. The van der Waals surface area contributed by atoms with Crippen LogP contribution in [0.1, 0.15) is 51.0 Å². The zero-order chi connectivity index (χ0) is 27.4. The first-order valence-corrected chi connectivity index (χ1v) is 14.2. The fourth-order valence-electron chi connectivity index (χ4n) is 6.10. The SMILES string of the molecule is Cn1nc(Nc2cc(-c3nc(N4CC[C@H](N)C(C)(C)C4)c4c(C5CCC5)cncc4n3)ccn2)c2ccccc21. The van der Waals surface area contributed by atoms with Gasteiger partial charge in [-0.15, -0.1) is 0 Å². The molecule has 2 aliphatic rings. The third-order valence-electron chi connectivity index (χ3n) is 8.80. The maximum Gasteiger partial charge on any atom is 0.162 e. The molecular formula is C31H35N9. The van der Waals surface area contributed by atoms with Gasteiger partial charge in [0.05, 0.1) is 17.2 Å². The number of piperidine rings is 1. The summed E-state index contributed by atoms with van der Waals surface area (Å²) >= 11 is 0. The second kappa shape index (κ2) is 9.52. The van der Waals surface area contributed by atoms with Crippen molar-refractivity contribution in [3.8, 4) is 11.4 Å². The van der Waals surface area contributed by atoms with E-state index in [-0.39, 0.29) is 11.5 Å². The van der Waals surface area contributed by atoms with E-state index in [4.69, 9.17) is 15.7 Å². The Labute approximate surface area is 233 Å². The van der Waals surface area contributed by atoms with Gasteiger partial charge in [0.1, 0.15) is 11.6 Å². The summed E-state index contributed by atoms with van der Waals surface area (Å²) in [5, 5.41) is 10.3. The highest BCUT2D eigenvalue weighted by atomic mass is 15.3. The predicted octanol–water partition coefficient (Wildman–Crippen LogP) is 5.55. The Morgan fingerprint density at radius 2 is 1.90 bits per heavy atom. The molecule has 40 heavy (non-hydrogen) atoms. The summed E-state index contributed by atoms with van der Waals surface area (Å²) in [6, 6.07) is 12.3. The van der Waals surface area contributed by atoms with Crippen molar-refractivity contribution < 1.29 is 0 Å². The summed E-state index contributed by atoms with van der Waals surface area (Å²) in [5.74, 6) is 3.64. The van der Waals surface area contributed by atoms with Crippen LogP contribution in [-0.2, 0) is 7.05 Å². The Morgan fingerprint density at radius 3 is 2.70 bits per heavy atom. The normalized spacial score (nSPS) is 19.2. The number of hydrogen-bond donors (Lipinski definition) is 2. The van der Waals surface area contributed by atoms with E-state index in [1.54, 1.807) is 6.20 Å². The summed E-state index contributed by atoms with van der Waals surface area (Å²) in [5.41, 5.74) is 10.6. The van der Waals surface area contributed by atoms with Crippen LogP contribution in [0, 0.1) is 5.41 Å². The van der Waals surface area contributed by atoms with Crippen molar-refractivity contribution in [2.45, 2.75) is 51.5 Å². The molecule has 1 aliphatic carbocycles. The molecule has 5 aromatic rings. The number of aromatic nitrogens is 6. The van der Waals surface area contributed by atoms with Gasteiger partial charge in [0.25, 0.3) is 0 Å². The van der Waals surface area contributed by atoms with Gasteiger partial charge in [0, 0.05) is 54.9 Å². The molecule has 0 bridgehead atoms. The van der Waals surface area contributed by atoms with Crippen molar-refractivity contribution in [2.75, 3.05) is 23.3 Å². The van der Waals surface area contributed by atoms with E-state index in [0.717, 1.165) is 58.5 Å². The Hall–Kier alpha value is -4.11. The Morgan fingerprint density at radius 1 is 1.05 bits per heavy atom. The lowest BCUT2D eigenvalue weighted by Crippen LogP contribution is -2.52. The maximum absolute atomic E-state index is 6.52. The van der Waals surface area contributed by atoms with E-state index >= 15 is 0 Å². The van der Waals surface area contributed by atoms with E-state index in [1.807, 2.05) is 48.4 Å². The van der Waals surface area contributed by atoms with Crippen molar-refractivity contribution in [3.63, 3.8) is 0 Å². The number of para-hydroxylation sites is 1. The smallest absolute Gasteiger partial charge is 0.162 e. The number of rotatable bonds is 5. The Bertz CT molecular complexity index is 1720. The number of aryl methyl sites for hydroxylation is 1. The molecule has 1 aliphatic heterocycles.